The Morgan fingerprint density at radius 2 is 1.67 bits per heavy atom. The van der Waals surface area contributed by atoms with Crippen LogP contribution in [-0.2, 0) is 11.2 Å². The van der Waals surface area contributed by atoms with E-state index in [0.717, 1.165) is 23.2 Å². The van der Waals surface area contributed by atoms with Crippen LogP contribution in [0.5, 0.6) is 0 Å². The van der Waals surface area contributed by atoms with Gasteiger partial charge in [0.05, 0.1) is 0 Å². The van der Waals surface area contributed by atoms with Gasteiger partial charge in [-0.2, -0.15) is 0 Å². The Balaban J connectivity index is 1.48. The zero-order valence-electron chi connectivity index (χ0n) is 14.6. The standard InChI is InChI=1S/C23H18N2O2/c26-22(14-15-23-25-20-12-6-7-13-21(20)27-23)24-19-11-5-4-10-18(19)16-17-8-2-1-3-9-17/h1-15H,16H2,(H,24,26). The maximum absolute atomic E-state index is 12.3. The van der Waals surface area contributed by atoms with E-state index in [4.69, 9.17) is 4.42 Å². The van der Waals surface area contributed by atoms with Gasteiger partial charge in [-0.05, 0) is 35.7 Å². The van der Waals surface area contributed by atoms with Crippen molar-refractivity contribution in [2.24, 2.45) is 0 Å². The average Bonchev–Trinajstić information content (AvgIpc) is 3.12. The highest BCUT2D eigenvalue weighted by molar-refractivity contribution is 6.02. The van der Waals surface area contributed by atoms with Crippen LogP contribution in [0, 0.1) is 0 Å². The summed E-state index contributed by atoms with van der Waals surface area (Å²) in [6, 6.07) is 25.5. The molecule has 0 aliphatic heterocycles. The lowest BCUT2D eigenvalue weighted by atomic mass is 10.0. The van der Waals surface area contributed by atoms with E-state index >= 15 is 0 Å². The van der Waals surface area contributed by atoms with Crippen LogP contribution < -0.4 is 5.32 Å². The molecule has 1 aromatic heterocycles. The van der Waals surface area contributed by atoms with Crippen molar-refractivity contribution in [2.75, 3.05) is 5.32 Å². The molecule has 132 valence electrons. The van der Waals surface area contributed by atoms with Crippen molar-refractivity contribution in [3.63, 3.8) is 0 Å². The number of fused-ring (bicyclic) bond motifs is 1. The van der Waals surface area contributed by atoms with Crippen molar-refractivity contribution < 1.29 is 9.21 Å². The largest absolute Gasteiger partial charge is 0.437 e. The van der Waals surface area contributed by atoms with Gasteiger partial charge >= 0.3 is 0 Å². The summed E-state index contributed by atoms with van der Waals surface area (Å²) in [5.74, 6) is 0.182. The molecular formula is C23H18N2O2. The number of oxazole rings is 1. The number of nitrogens with zero attached hydrogens (tertiary/aromatic N) is 1. The van der Waals surface area contributed by atoms with E-state index < -0.39 is 0 Å². The summed E-state index contributed by atoms with van der Waals surface area (Å²) in [6.45, 7) is 0. The molecular weight excluding hydrogens is 336 g/mol. The number of rotatable bonds is 5. The number of hydrogen-bond acceptors (Lipinski definition) is 3. The topological polar surface area (TPSA) is 55.1 Å². The van der Waals surface area contributed by atoms with E-state index in [0.29, 0.717) is 11.5 Å². The number of hydrogen-bond donors (Lipinski definition) is 1. The van der Waals surface area contributed by atoms with Crippen LogP contribution in [0.15, 0.2) is 89.4 Å². The number of anilines is 1. The second-order valence-corrected chi connectivity index (χ2v) is 6.16. The van der Waals surface area contributed by atoms with E-state index in [1.165, 1.54) is 11.6 Å². The number of aromatic nitrogens is 1. The summed E-state index contributed by atoms with van der Waals surface area (Å²) >= 11 is 0. The van der Waals surface area contributed by atoms with Crippen LogP contribution in [0.1, 0.15) is 17.0 Å². The first-order valence-corrected chi connectivity index (χ1v) is 8.74. The zero-order chi connectivity index (χ0) is 18.5. The molecule has 27 heavy (non-hydrogen) atoms. The Kier molecular flexibility index (Phi) is 4.79. The maximum Gasteiger partial charge on any atom is 0.248 e. The van der Waals surface area contributed by atoms with E-state index in [2.05, 4.69) is 22.4 Å². The van der Waals surface area contributed by atoms with Crippen LogP contribution >= 0.6 is 0 Å². The quantitative estimate of drug-likeness (QED) is 0.509. The molecule has 4 aromatic rings. The number of amides is 1. The van der Waals surface area contributed by atoms with Gasteiger partial charge in [0.15, 0.2) is 5.58 Å². The van der Waals surface area contributed by atoms with E-state index in [-0.39, 0.29) is 5.91 Å². The fourth-order valence-corrected chi connectivity index (χ4v) is 2.89. The summed E-state index contributed by atoms with van der Waals surface area (Å²) in [5, 5.41) is 2.94. The number of carbonyl (C=O) groups excluding carboxylic acids is 1. The Hall–Kier alpha value is -3.66. The highest BCUT2D eigenvalue weighted by Gasteiger charge is 2.06. The molecule has 0 aliphatic carbocycles. The Morgan fingerprint density at radius 1 is 0.926 bits per heavy atom. The SMILES string of the molecule is O=C(C=Cc1nc2ccccc2o1)Nc1ccccc1Cc1ccccc1. The predicted octanol–water partition coefficient (Wildman–Crippen LogP) is 5.07. The number of carbonyl (C=O) groups is 1. The third kappa shape index (κ3) is 4.12. The van der Waals surface area contributed by atoms with Crippen LogP contribution in [-0.4, -0.2) is 10.9 Å². The predicted molar refractivity (Wildman–Crippen MR) is 107 cm³/mol. The fourth-order valence-electron chi connectivity index (χ4n) is 2.89. The minimum absolute atomic E-state index is 0.224. The van der Waals surface area contributed by atoms with Crippen LogP contribution in [0.25, 0.3) is 17.2 Å². The number of nitrogens with one attached hydrogen (secondary N) is 1. The van der Waals surface area contributed by atoms with Gasteiger partial charge < -0.3 is 9.73 Å². The van der Waals surface area contributed by atoms with Crippen molar-refractivity contribution in [1.29, 1.82) is 0 Å². The van der Waals surface area contributed by atoms with Gasteiger partial charge in [-0.25, -0.2) is 4.98 Å². The highest BCUT2D eigenvalue weighted by atomic mass is 16.3. The molecule has 0 saturated heterocycles. The van der Waals surface area contributed by atoms with Gasteiger partial charge in [-0.1, -0.05) is 60.7 Å². The lowest BCUT2D eigenvalue weighted by Gasteiger charge is -2.10. The third-order valence-electron chi connectivity index (χ3n) is 4.20. The maximum atomic E-state index is 12.3. The summed E-state index contributed by atoms with van der Waals surface area (Å²) in [6.07, 6.45) is 3.77. The third-order valence-corrected chi connectivity index (χ3v) is 4.20. The van der Waals surface area contributed by atoms with E-state index in [1.54, 1.807) is 6.08 Å². The molecule has 0 aliphatic rings. The van der Waals surface area contributed by atoms with E-state index in [1.807, 2.05) is 66.7 Å². The second kappa shape index (κ2) is 7.70. The van der Waals surface area contributed by atoms with Gasteiger partial charge in [0, 0.05) is 17.8 Å². The van der Waals surface area contributed by atoms with Crippen molar-refractivity contribution in [2.45, 2.75) is 6.42 Å². The van der Waals surface area contributed by atoms with E-state index in [9.17, 15) is 4.79 Å². The van der Waals surface area contributed by atoms with Crippen molar-refractivity contribution in [3.8, 4) is 0 Å². The molecule has 4 heteroatoms. The van der Waals surface area contributed by atoms with Crippen LogP contribution in [0.2, 0.25) is 0 Å². The molecule has 0 atom stereocenters. The summed E-state index contributed by atoms with van der Waals surface area (Å²) in [5.41, 5.74) is 4.53. The van der Waals surface area contributed by atoms with Crippen molar-refractivity contribution >= 4 is 28.8 Å². The summed E-state index contributed by atoms with van der Waals surface area (Å²) in [4.78, 5) is 16.7. The first-order chi connectivity index (χ1) is 13.3. The molecule has 4 nitrogen and oxygen atoms in total. The highest BCUT2D eigenvalue weighted by Crippen LogP contribution is 2.19. The van der Waals surface area contributed by atoms with Gasteiger partial charge in [-0.3, -0.25) is 4.79 Å². The smallest absolute Gasteiger partial charge is 0.248 e. The van der Waals surface area contributed by atoms with Gasteiger partial charge in [0.2, 0.25) is 11.8 Å². The second-order valence-electron chi connectivity index (χ2n) is 6.16. The minimum atomic E-state index is -0.224. The van der Waals surface area contributed by atoms with Gasteiger partial charge in [-0.15, -0.1) is 0 Å². The lowest BCUT2D eigenvalue weighted by molar-refractivity contribution is -0.111. The number of para-hydroxylation sites is 3. The fraction of sp³-hybridized carbons (Fsp3) is 0.0435. The molecule has 0 spiro atoms. The average molecular weight is 354 g/mol. The first kappa shape index (κ1) is 16.8. The molecule has 3 aromatic carbocycles. The Labute approximate surface area is 157 Å². The van der Waals surface area contributed by atoms with Crippen molar-refractivity contribution in [1.82, 2.24) is 4.98 Å². The molecule has 1 heterocycles. The molecule has 4 rings (SSSR count). The molecule has 0 radical (unpaired) electrons. The molecule has 0 fully saturated rings. The molecule has 1 amide bonds. The summed E-state index contributed by atoms with van der Waals surface area (Å²) < 4.78 is 5.59. The first-order valence-electron chi connectivity index (χ1n) is 8.74. The van der Waals surface area contributed by atoms with Gasteiger partial charge in [0.25, 0.3) is 0 Å². The molecule has 0 saturated carbocycles. The normalized spacial score (nSPS) is 11.1. The van der Waals surface area contributed by atoms with Crippen molar-refractivity contribution in [3.05, 3.63) is 102 Å². The Morgan fingerprint density at radius 3 is 2.52 bits per heavy atom. The number of benzene rings is 3. The monoisotopic (exact) mass is 354 g/mol. The lowest BCUT2D eigenvalue weighted by Crippen LogP contribution is -2.10. The minimum Gasteiger partial charge on any atom is -0.437 e. The molecule has 0 bridgehead atoms. The van der Waals surface area contributed by atoms with Crippen LogP contribution in [0.3, 0.4) is 0 Å². The zero-order valence-corrected chi connectivity index (χ0v) is 14.6. The molecule has 0 unspecified atom stereocenters. The van der Waals surface area contributed by atoms with Gasteiger partial charge in [0.1, 0.15) is 5.52 Å². The Bertz CT molecular complexity index is 1060. The van der Waals surface area contributed by atoms with Crippen LogP contribution in [0.4, 0.5) is 5.69 Å². The summed E-state index contributed by atoms with van der Waals surface area (Å²) in [7, 11) is 0. The molecule has 1 N–H and O–H groups in total.